The van der Waals surface area contributed by atoms with Crippen LogP contribution in [0, 0.1) is 0 Å². The van der Waals surface area contributed by atoms with Crippen LogP contribution in [0.4, 0.5) is 17.5 Å². The van der Waals surface area contributed by atoms with Crippen LogP contribution in [0.3, 0.4) is 0 Å². The molecule has 0 aliphatic carbocycles. The first kappa shape index (κ1) is 20.1. The van der Waals surface area contributed by atoms with E-state index in [2.05, 4.69) is 36.6 Å². The van der Waals surface area contributed by atoms with Crippen molar-refractivity contribution in [3.63, 3.8) is 0 Å². The highest BCUT2D eigenvalue weighted by atomic mass is 32.1. The van der Waals surface area contributed by atoms with Gasteiger partial charge in [-0.1, -0.05) is 24.3 Å². The summed E-state index contributed by atoms with van der Waals surface area (Å²) in [4.78, 5) is 31.2. The maximum atomic E-state index is 13.0. The Morgan fingerprint density at radius 2 is 1.72 bits per heavy atom. The van der Waals surface area contributed by atoms with Crippen molar-refractivity contribution in [3.8, 4) is 10.4 Å². The fraction of sp³-hybridized carbons (Fsp3) is 0.167. The van der Waals surface area contributed by atoms with Crippen LogP contribution in [0.5, 0.6) is 0 Å². The number of hydrogen-bond donors (Lipinski definition) is 1. The van der Waals surface area contributed by atoms with Gasteiger partial charge in [0.2, 0.25) is 0 Å². The van der Waals surface area contributed by atoms with Gasteiger partial charge in [0, 0.05) is 48.9 Å². The van der Waals surface area contributed by atoms with E-state index in [1.54, 1.807) is 23.9 Å². The molecule has 0 spiro atoms. The Bertz CT molecular complexity index is 1170. The number of carbonyl (C=O) groups is 1. The summed E-state index contributed by atoms with van der Waals surface area (Å²) in [7, 11) is 0. The van der Waals surface area contributed by atoms with Crippen molar-refractivity contribution >= 4 is 34.7 Å². The van der Waals surface area contributed by atoms with Crippen LogP contribution in [0.2, 0.25) is 0 Å². The summed E-state index contributed by atoms with van der Waals surface area (Å²) in [5.74, 6) is 2.34. The highest BCUT2D eigenvalue weighted by molar-refractivity contribution is 7.13. The molecule has 0 radical (unpaired) electrons. The third-order valence-electron chi connectivity index (χ3n) is 5.40. The van der Waals surface area contributed by atoms with Crippen molar-refractivity contribution in [3.05, 3.63) is 84.1 Å². The third kappa shape index (κ3) is 4.45. The van der Waals surface area contributed by atoms with Crippen LogP contribution >= 0.6 is 11.3 Å². The lowest BCUT2D eigenvalue weighted by molar-refractivity contribution is 0.0746. The van der Waals surface area contributed by atoms with Crippen molar-refractivity contribution in [2.75, 3.05) is 36.4 Å². The number of amides is 1. The molecule has 7 nitrogen and oxygen atoms in total. The zero-order valence-electron chi connectivity index (χ0n) is 17.4. The van der Waals surface area contributed by atoms with Gasteiger partial charge in [-0.15, -0.1) is 11.3 Å². The monoisotopic (exact) mass is 442 g/mol. The molecule has 0 atom stereocenters. The van der Waals surface area contributed by atoms with E-state index in [0.29, 0.717) is 18.9 Å². The van der Waals surface area contributed by atoms with Crippen molar-refractivity contribution in [1.82, 2.24) is 19.9 Å². The van der Waals surface area contributed by atoms with Gasteiger partial charge in [0.1, 0.15) is 23.8 Å². The standard InChI is InChI=1S/C24H22N6OS/c31-24(19-8-6-18(7-9-19)20-4-3-15-32-20)30-13-11-29(12-14-30)23-16-22(26-17-27-23)28-21-5-1-2-10-25-21/h1-10,15-17H,11-14H2,(H,25,26,27,28). The molecule has 0 unspecified atom stereocenters. The zero-order chi connectivity index (χ0) is 21.8. The lowest BCUT2D eigenvalue weighted by Gasteiger charge is -2.35. The molecule has 4 heterocycles. The lowest BCUT2D eigenvalue weighted by Crippen LogP contribution is -2.49. The number of nitrogens with zero attached hydrogens (tertiary/aromatic N) is 5. The molecule has 160 valence electrons. The first-order valence-corrected chi connectivity index (χ1v) is 11.3. The van der Waals surface area contributed by atoms with Crippen molar-refractivity contribution in [2.24, 2.45) is 0 Å². The van der Waals surface area contributed by atoms with E-state index in [-0.39, 0.29) is 5.91 Å². The highest BCUT2D eigenvalue weighted by Crippen LogP contribution is 2.25. The Labute approximate surface area is 190 Å². The molecule has 0 bridgehead atoms. The number of thiophene rings is 1. The van der Waals surface area contributed by atoms with Gasteiger partial charge in [-0.25, -0.2) is 15.0 Å². The number of piperazine rings is 1. The number of benzene rings is 1. The number of rotatable bonds is 5. The fourth-order valence-corrected chi connectivity index (χ4v) is 4.43. The van der Waals surface area contributed by atoms with Crippen molar-refractivity contribution < 1.29 is 4.79 Å². The minimum absolute atomic E-state index is 0.0718. The normalized spacial score (nSPS) is 13.8. The minimum Gasteiger partial charge on any atom is -0.353 e. The van der Waals surface area contributed by atoms with Crippen molar-refractivity contribution in [2.45, 2.75) is 0 Å². The maximum absolute atomic E-state index is 13.0. The summed E-state index contributed by atoms with van der Waals surface area (Å²) in [6.07, 6.45) is 3.28. The van der Waals surface area contributed by atoms with Gasteiger partial charge in [-0.2, -0.15) is 0 Å². The average molecular weight is 443 g/mol. The first-order valence-electron chi connectivity index (χ1n) is 10.4. The first-order chi connectivity index (χ1) is 15.8. The van der Waals surface area contributed by atoms with Gasteiger partial charge in [0.25, 0.3) is 5.91 Å². The summed E-state index contributed by atoms with van der Waals surface area (Å²) < 4.78 is 0. The molecular weight excluding hydrogens is 420 g/mol. The molecule has 1 aliphatic heterocycles. The van der Waals surface area contributed by atoms with Crippen LogP contribution in [0.1, 0.15) is 10.4 Å². The second-order valence-corrected chi connectivity index (χ2v) is 8.38. The predicted molar refractivity (Wildman–Crippen MR) is 127 cm³/mol. The van der Waals surface area contributed by atoms with Crippen LogP contribution < -0.4 is 10.2 Å². The molecule has 1 aromatic carbocycles. The summed E-state index contributed by atoms with van der Waals surface area (Å²) in [6.45, 7) is 2.75. The van der Waals surface area contributed by atoms with Crippen LogP contribution in [-0.4, -0.2) is 51.9 Å². The summed E-state index contributed by atoms with van der Waals surface area (Å²) in [6, 6.07) is 19.6. The summed E-state index contributed by atoms with van der Waals surface area (Å²) in [5.41, 5.74) is 1.86. The highest BCUT2D eigenvalue weighted by Gasteiger charge is 2.23. The van der Waals surface area contributed by atoms with E-state index in [1.807, 2.05) is 59.5 Å². The Balaban J connectivity index is 1.20. The molecule has 1 amide bonds. The van der Waals surface area contributed by atoms with Gasteiger partial charge >= 0.3 is 0 Å². The van der Waals surface area contributed by atoms with Crippen LogP contribution in [-0.2, 0) is 0 Å². The molecule has 0 saturated carbocycles. The summed E-state index contributed by atoms with van der Waals surface area (Å²) >= 11 is 1.70. The average Bonchev–Trinajstić information content (AvgIpc) is 3.40. The lowest BCUT2D eigenvalue weighted by atomic mass is 10.1. The third-order valence-corrected chi connectivity index (χ3v) is 6.32. The molecule has 8 heteroatoms. The molecular formula is C24H22N6OS. The molecule has 1 saturated heterocycles. The Hall–Kier alpha value is -3.78. The Kier molecular flexibility index (Phi) is 5.76. The second-order valence-electron chi connectivity index (χ2n) is 7.44. The van der Waals surface area contributed by atoms with Gasteiger partial charge in [-0.05, 0) is 41.3 Å². The van der Waals surface area contributed by atoms with Gasteiger partial charge in [0.15, 0.2) is 0 Å². The van der Waals surface area contributed by atoms with E-state index < -0.39 is 0 Å². The van der Waals surface area contributed by atoms with E-state index in [4.69, 9.17) is 0 Å². The van der Waals surface area contributed by atoms with Crippen molar-refractivity contribution in [1.29, 1.82) is 0 Å². The smallest absolute Gasteiger partial charge is 0.253 e. The van der Waals surface area contributed by atoms with Crippen LogP contribution in [0.25, 0.3) is 10.4 Å². The Morgan fingerprint density at radius 3 is 2.44 bits per heavy atom. The molecule has 1 N–H and O–H groups in total. The van der Waals surface area contributed by atoms with E-state index in [0.717, 1.165) is 35.9 Å². The maximum Gasteiger partial charge on any atom is 0.253 e. The molecule has 1 fully saturated rings. The van der Waals surface area contributed by atoms with Gasteiger partial charge < -0.3 is 15.1 Å². The number of nitrogens with one attached hydrogen (secondary N) is 1. The molecule has 3 aromatic heterocycles. The number of anilines is 3. The van der Waals surface area contributed by atoms with Gasteiger partial charge in [-0.3, -0.25) is 4.79 Å². The zero-order valence-corrected chi connectivity index (χ0v) is 18.2. The Morgan fingerprint density at radius 1 is 0.875 bits per heavy atom. The SMILES string of the molecule is O=C(c1ccc(-c2cccs2)cc1)N1CCN(c2cc(Nc3ccccn3)ncn2)CC1. The number of pyridine rings is 1. The number of carbonyl (C=O) groups excluding carboxylic acids is 1. The largest absolute Gasteiger partial charge is 0.353 e. The quantitative estimate of drug-likeness (QED) is 0.497. The molecule has 4 aromatic rings. The molecule has 1 aliphatic rings. The topological polar surface area (TPSA) is 74.2 Å². The number of hydrogen-bond acceptors (Lipinski definition) is 7. The van der Waals surface area contributed by atoms with E-state index in [9.17, 15) is 4.79 Å². The second kappa shape index (κ2) is 9.15. The molecule has 5 rings (SSSR count). The molecule has 32 heavy (non-hydrogen) atoms. The van der Waals surface area contributed by atoms with Crippen LogP contribution in [0.15, 0.2) is 78.6 Å². The van der Waals surface area contributed by atoms with Gasteiger partial charge in [0.05, 0.1) is 0 Å². The number of aromatic nitrogens is 3. The van der Waals surface area contributed by atoms with E-state index >= 15 is 0 Å². The fourth-order valence-electron chi connectivity index (χ4n) is 3.70. The minimum atomic E-state index is 0.0718. The predicted octanol–water partition coefficient (Wildman–Crippen LogP) is 4.31. The summed E-state index contributed by atoms with van der Waals surface area (Å²) in [5, 5.41) is 5.25. The van der Waals surface area contributed by atoms with E-state index in [1.165, 1.54) is 4.88 Å².